The van der Waals surface area contributed by atoms with Gasteiger partial charge >= 0.3 is 0 Å². The molecule has 0 bridgehead atoms. The first-order valence-electron chi connectivity index (χ1n) is 6.28. The third-order valence-electron chi connectivity index (χ3n) is 2.72. The Morgan fingerprint density at radius 3 is 3.00 bits per heavy atom. The maximum atomic E-state index is 12.0. The van der Waals surface area contributed by atoms with E-state index in [-0.39, 0.29) is 16.8 Å². The van der Waals surface area contributed by atoms with Crippen LogP contribution in [0, 0.1) is 6.92 Å². The number of nitrogens with zero attached hydrogens (tertiary/aromatic N) is 3. The van der Waals surface area contributed by atoms with Crippen molar-refractivity contribution in [2.45, 2.75) is 12.1 Å². The Morgan fingerprint density at radius 2 is 2.27 bits per heavy atom. The van der Waals surface area contributed by atoms with E-state index in [1.165, 1.54) is 7.11 Å². The van der Waals surface area contributed by atoms with Gasteiger partial charge in [0.05, 0.1) is 18.6 Å². The van der Waals surface area contributed by atoms with Crippen LogP contribution in [-0.4, -0.2) is 33.6 Å². The van der Waals surface area contributed by atoms with Gasteiger partial charge in [0.2, 0.25) is 11.1 Å². The Balaban J connectivity index is 2.03. The molecule has 0 aliphatic heterocycles. The summed E-state index contributed by atoms with van der Waals surface area (Å²) in [5, 5.41) is 10.1. The van der Waals surface area contributed by atoms with Crippen molar-refractivity contribution < 1.29 is 9.53 Å². The van der Waals surface area contributed by atoms with E-state index >= 15 is 0 Å². The van der Waals surface area contributed by atoms with E-state index in [0.717, 1.165) is 28.2 Å². The number of aromatic nitrogens is 3. The molecule has 0 saturated carbocycles. The summed E-state index contributed by atoms with van der Waals surface area (Å²) in [5.41, 5.74) is 1.09. The lowest BCUT2D eigenvalue weighted by Crippen LogP contribution is -2.30. The molecule has 8 nitrogen and oxygen atoms in total. The number of ether oxygens (including phenoxy) is 1. The number of hydrogen-bond donors (Lipinski definition) is 2. The number of nitrogen functional groups attached to an aromatic ring is 1. The first kappa shape index (κ1) is 15.8. The van der Waals surface area contributed by atoms with Gasteiger partial charge in [0.25, 0.3) is 5.56 Å². The van der Waals surface area contributed by atoms with Crippen LogP contribution in [0.4, 0.5) is 5.69 Å². The van der Waals surface area contributed by atoms with Crippen LogP contribution >= 0.6 is 11.8 Å². The van der Waals surface area contributed by atoms with E-state index in [4.69, 9.17) is 10.6 Å². The lowest BCUT2D eigenvalue weighted by atomic mass is 10.2. The molecule has 0 atom stereocenters. The molecule has 0 fully saturated rings. The molecule has 2 rings (SSSR count). The summed E-state index contributed by atoms with van der Waals surface area (Å²) in [6.07, 6.45) is 1.00. The molecule has 1 aromatic heterocycles. The largest absolute Gasteiger partial charge is 0.495 e. The van der Waals surface area contributed by atoms with Crippen LogP contribution in [0.1, 0.15) is 5.56 Å². The molecule has 0 spiro atoms. The Hall–Kier alpha value is -2.55. The van der Waals surface area contributed by atoms with E-state index in [2.05, 4.69) is 15.5 Å². The van der Waals surface area contributed by atoms with Gasteiger partial charge in [-0.25, -0.2) is 0 Å². The van der Waals surface area contributed by atoms with E-state index in [0.29, 0.717) is 11.4 Å². The smallest absolute Gasteiger partial charge is 0.291 e. The maximum absolute atomic E-state index is 12.0. The van der Waals surface area contributed by atoms with Gasteiger partial charge in [-0.1, -0.05) is 17.8 Å². The molecule has 0 saturated heterocycles. The summed E-state index contributed by atoms with van der Waals surface area (Å²) in [7, 11) is 1.53. The summed E-state index contributed by atoms with van der Waals surface area (Å²) in [6, 6.07) is 5.47. The summed E-state index contributed by atoms with van der Waals surface area (Å²) < 4.78 is 6.03. The minimum Gasteiger partial charge on any atom is -0.495 e. The van der Waals surface area contributed by atoms with Crippen LogP contribution < -0.4 is 21.5 Å². The number of amides is 1. The van der Waals surface area contributed by atoms with E-state index in [1.54, 1.807) is 6.07 Å². The van der Waals surface area contributed by atoms with Crippen molar-refractivity contribution in [2.24, 2.45) is 0 Å². The van der Waals surface area contributed by atoms with Crippen LogP contribution in [0.3, 0.4) is 0 Å². The van der Waals surface area contributed by atoms with E-state index in [1.807, 2.05) is 19.1 Å². The fourth-order valence-corrected chi connectivity index (χ4v) is 2.33. The van der Waals surface area contributed by atoms with Crippen LogP contribution in [0.25, 0.3) is 0 Å². The van der Waals surface area contributed by atoms with Crippen molar-refractivity contribution in [3.05, 3.63) is 40.3 Å². The monoisotopic (exact) mass is 321 g/mol. The highest BCUT2D eigenvalue weighted by molar-refractivity contribution is 7.99. The number of thioether (sulfide) groups is 1. The standard InChI is InChI=1S/C13H15N5O3S/c1-8-3-4-10(21-2)9(5-8)16-11(19)7-22-13-17-15-6-12(20)18(13)14/h3-6H,7,14H2,1-2H3,(H,16,19). The fraction of sp³-hybridized carbons (Fsp3) is 0.231. The number of methoxy groups -OCH3 is 1. The van der Waals surface area contributed by atoms with Crippen molar-refractivity contribution in [3.63, 3.8) is 0 Å². The normalized spacial score (nSPS) is 10.3. The van der Waals surface area contributed by atoms with Crippen molar-refractivity contribution in [2.75, 3.05) is 24.0 Å². The Bertz CT molecular complexity index is 747. The quantitative estimate of drug-likeness (QED) is 0.605. The molecule has 0 aliphatic carbocycles. The molecule has 0 aliphatic rings. The molecule has 1 amide bonds. The van der Waals surface area contributed by atoms with Gasteiger partial charge < -0.3 is 15.9 Å². The van der Waals surface area contributed by atoms with E-state index < -0.39 is 5.56 Å². The summed E-state index contributed by atoms with van der Waals surface area (Å²) in [5.74, 6) is 5.85. The number of rotatable bonds is 5. The number of carbonyl (C=O) groups is 1. The molecule has 0 radical (unpaired) electrons. The van der Waals surface area contributed by atoms with Gasteiger partial charge in [0.15, 0.2) is 0 Å². The summed E-state index contributed by atoms with van der Waals surface area (Å²) in [4.78, 5) is 23.3. The highest BCUT2D eigenvalue weighted by Crippen LogP contribution is 2.25. The van der Waals surface area contributed by atoms with E-state index in [9.17, 15) is 9.59 Å². The first-order chi connectivity index (χ1) is 10.5. The van der Waals surface area contributed by atoms with Gasteiger partial charge in [0.1, 0.15) is 11.9 Å². The third-order valence-corrected chi connectivity index (χ3v) is 3.66. The van der Waals surface area contributed by atoms with Gasteiger partial charge in [-0.2, -0.15) is 9.77 Å². The molecule has 1 aromatic carbocycles. The molecule has 3 N–H and O–H groups in total. The summed E-state index contributed by atoms with van der Waals surface area (Å²) >= 11 is 1.02. The Labute approximate surface area is 130 Å². The lowest BCUT2D eigenvalue weighted by molar-refractivity contribution is -0.113. The molecular weight excluding hydrogens is 306 g/mol. The second-order valence-electron chi connectivity index (χ2n) is 4.38. The topological polar surface area (TPSA) is 112 Å². The Kier molecular flexibility index (Phi) is 4.99. The lowest BCUT2D eigenvalue weighted by Gasteiger charge is -2.11. The van der Waals surface area contributed by atoms with Gasteiger partial charge in [0, 0.05) is 0 Å². The number of aryl methyl sites for hydroxylation is 1. The Morgan fingerprint density at radius 1 is 1.50 bits per heavy atom. The third kappa shape index (κ3) is 3.76. The maximum Gasteiger partial charge on any atom is 0.291 e. The highest BCUT2D eigenvalue weighted by atomic mass is 32.2. The van der Waals surface area contributed by atoms with Crippen molar-refractivity contribution in [1.82, 2.24) is 14.9 Å². The number of anilines is 1. The van der Waals surface area contributed by atoms with Gasteiger partial charge in [-0.15, -0.1) is 5.10 Å². The molecular formula is C13H15N5O3S. The van der Waals surface area contributed by atoms with Crippen LogP contribution in [0.2, 0.25) is 0 Å². The second kappa shape index (κ2) is 6.94. The zero-order valence-electron chi connectivity index (χ0n) is 12.1. The predicted molar refractivity (Wildman–Crippen MR) is 83.5 cm³/mol. The van der Waals surface area contributed by atoms with Crippen LogP contribution in [0.15, 0.2) is 34.3 Å². The van der Waals surface area contributed by atoms with Gasteiger partial charge in [-0.3, -0.25) is 9.59 Å². The number of benzene rings is 1. The SMILES string of the molecule is COc1ccc(C)cc1NC(=O)CSc1nncc(=O)n1N. The average Bonchev–Trinajstić information content (AvgIpc) is 2.49. The zero-order chi connectivity index (χ0) is 16.1. The zero-order valence-corrected chi connectivity index (χ0v) is 12.9. The molecule has 9 heteroatoms. The predicted octanol–water partition coefficient (Wildman–Crippen LogP) is 0.400. The number of hydrogen-bond acceptors (Lipinski definition) is 7. The average molecular weight is 321 g/mol. The molecule has 22 heavy (non-hydrogen) atoms. The molecule has 1 heterocycles. The minimum absolute atomic E-state index is 0.0342. The molecule has 116 valence electrons. The first-order valence-corrected chi connectivity index (χ1v) is 7.27. The van der Waals surface area contributed by atoms with Gasteiger partial charge in [-0.05, 0) is 24.6 Å². The minimum atomic E-state index is -0.488. The van der Waals surface area contributed by atoms with Crippen molar-refractivity contribution >= 4 is 23.4 Å². The number of carbonyl (C=O) groups excluding carboxylic acids is 1. The van der Waals surface area contributed by atoms with Crippen molar-refractivity contribution in [1.29, 1.82) is 0 Å². The van der Waals surface area contributed by atoms with Crippen LogP contribution in [0.5, 0.6) is 5.75 Å². The van der Waals surface area contributed by atoms with Crippen molar-refractivity contribution in [3.8, 4) is 5.75 Å². The molecule has 2 aromatic rings. The fourth-order valence-electron chi connectivity index (χ4n) is 1.67. The number of nitrogens with two attached hydrogens (primary N) is 1. The second-order valence-corrected chi connectivity index (χ2v) is 5.32. The number of nitrogens with one attached hydrogen (secondary N) is 1. The highest BCUT2D eigenvalue weighted by Gasteiger charge is 2.11. The van der Waals surface area contributed by atoms with Crippen LogP contribution in [-0.2, 0) is 4.79 Å². The summed E-state index contributed by atoms with van der Waals surface area (Å²) in [6.45, 7) is 1.91. The molecule has 0 unspecified atom stereocenters.